The lowest BCUT2D eigenvalue weighted by Crippen LogP contribution is -2.30. The predicted molar refractivity (Wildman–Crippen MR) is 377 cm³/mol. The quantitative estimate of drug-likeness (QED) is 0.0222. The van der Waals surface area contributed by atoms with E-state index in [-0.39, 0.29) is 25.7 Å². The molecule has 0 amide bonds. The molecule has 0 saturated carbocycles. The Hall–Kier alpha value is -1.94. The second kappa shape index (κ2) is 66.0. The summed E-state index contributed by atoms with van der Waals surface area (Å²) in [5, 5.41) is 10.6. The van der Waals surface area contributed by atoms with Crippen molar-refractivity contribution in [3.8, 4) is 0 Å². The van der Waals surface area contributed by atoms with Crippen molar-refractivity contribution in [3.63, 3.8) is 0 Å². The summed E-state index contributed by atoms with van der Waals surface area (Å²) < 4.78 is 68.4. The molecule has 0 bridgehead atoms. The van der Waals surface area contributed by atoms with Crippen LogP contribution in [0.1, 0.15) is 382 Å². The number of aliphatic hydroxyl groups is 1. The van der Waals surface area contributed by atoms with Crippen LogP contribution < -0.4 is 0 Å². The summed E-state index contributed by atoms with van der Waals surface area (Å²) in [5.74, 6) is -0.572. The predicted octanol–water partition coefficient (Wildman–Crippen LogP) is 21.6. The number of esters is 4. The number of phosphoric acid groups is 2. The van der Waals surface area contributed by atoms with Crippen LogP contribution in [0.15, 0.2) is 0 Å². The standard InChI is InChI=1S/C74H144O17P2/c1-7-10-12-14-16-18-20-21-22-23-24-25-26-34-40-46-52-58-73(78)90-69(63-85-72(77)57-51-45-39-33-28-27-31-37-43-49-55-67(6)9-3)64-88-92(80,81)86-60-68(75)61-87-93(82,83)89-65-70(62-84-71(76)56-50-44-38-32-19-17-15-13-11-8-2)91-74(79)59-53-47-41-35-29-30-36-42-48-54-66(4)5/h66-70,75H,7-65H2,1-6H3,(H,80,81)(H,82,83)/t67?,68-,69-,70-/m1/s1. The molecule has 0 aliphatic rings. The number of hydrogen-bond donors (Lipinski definition) is 3. The fourth-order valence-corrected chi connectivity index (χ4v) is 12.8. The van der Waals surface area contributed by atoms with Crippen molar-refractivity contribution in [3.05, 3.63) is 0 Å². The SMILES string of the molecule is CCCCCCCCCCCCCCCCCCCC(=O)O[C@H](COC(=O)CCCCCCCCCCCCC(C)CC)COP(=O)(O)OC[C@@H](O)COP(=O)(O)OC[C@@H](COC(=O)CCCCCCCCCCCC)OC(=O)CCCCCCCCCCCC(C)C. The third kappa shape index (κ3) is 67.0. The molecular formula is C74H144O17P2. The first-order chi connectivity index (χ1) is 44.9. The van der Waals surface area contributed by atoms with Gasteiger partial charge in [-0.3, -0.25) is 37.3 Å². The second-order valence-electron chi connectivity index (χ2n) is 27.4. The van der Waals surface area contributed by atoms with Crippen molar-refractivity contribution in [2.45, 2.75) is 400 Å². The molecule has 0 heterocycles. The Labute approximate surface area is 568 Å². The molecule has 19 heteroatoms. The Morgan fingerprint density at radius 3 is 0.817 bits per heavy atom. The average Bonchev–Trinajstić information content (AvgIpc) is 2.10. The van der Waals surface area contributed by atoms with E-state index in [0.29, 0.717) is 25.7 Å². The molecule has 0 spiro atoms. The fraction of sp³-hybridized carbons (Fsp3) is 0.946. The molecule has 0 aromatic carbocycles. The van der Waals surface area contributed by atoms with E-state index < -0.39 is 97.5 Å². The summed E-state index contributed by atoms with van der Waals surface area (Å²) in [6.07, 6.45) is 52.6. The molecule has 0 aromatic heterocycles. The Bertz CT molecular complexity index is 1810. The topological polar surface area (TPSA) is 237 Å². The van der Waals surface area contributed by atoms with Gasteiger partial charge in [0.2, 0.25) is 0 Å². The first-order valence-corrected chi connectivity index (χ1v) is 41.5. The van der Waals surface area contributed by atoms with E-state index in [9.17, 15) is 43.2 Å². The highest BCUT2D eigenvalue weighted by Crippen LogP contribution is 2.45. The lowest BCUT2D eigenvalue weighted by Gasteiger charge is -2.21. The molecule has 0 fully saturated rings. The van der Waals surface area contributed by atoms with Gasteiger partial charge in [0, 0.05) is 25.7 Å². The van der Waals surface area contributed by atoms with Gasteiger partial charge < -0.3 is 33.8 Å². The molecular weight excluding hydrogens is 1220 g/mol. The van der Waals surface area contributed by atoms with Crippen LogP contribution in [0, 0.1) is 11.8 Å². The van der Waals surface area contributed by atoms with E-state index in [1.165, 1.54) is 199 Å². The molecule has 0 radical (unpaired) electrons. The minimum absolute atomic E-state index is 0.105. The Balaban J connectivity index is 5.25. The second-order valence-corrected chi connectivity index (χ2v) is 30.3. The minimum Gasteiger partial charge on any atom is -0.462 e. The van der Waals surface area contributed by atoms with Gasteiger partial charge in [0.25, 0.3) is 0 Å². The van der Waals surface area contributed by atoms with Gasteiger partial charge in [-0.05, 0) is 37.5 Å². The summed E-state index contributed by atoms with van der Waals surface area (Å²) in [6, 6.07) is 0. The van der Waals surface area contributed by atoms with E-state index in [2.05, 4.69) is 41.5 Å². The van der Waals surface area contributed by atoms with Crippen LogP contribution in [-0.4, -0.2) is 96.7 Å². The zero-order valence-corrected chi connectivity index (χ0v) is 62.3. The summed E-state index contributed by atoms with van der Waals surface area (Å²) in [6.45, 7) is 9.58. The number of carbonyl (C=O) groups is 4. The first kappa shape index (κ1) is 91.1. The van der Waals surface area contributed by atoms with E-state index in [0.717, 1.165) is 102 Å². The summed E-state index contributed by atoms with van der Waals surface area (Å²) in [7, 11) is -9.91. The van der Waals surface area contributed by atoms with Crippen LogP contribution >= 0.6 is 15.6 Å². The summed E-state index contributed by atoms with van der Waals surface area (Å²) in [5.41, 5.74) is 0. The number of hydrogen-bond acceptors (Lipinski definition) is 15. The lowest BCUT2D eigenvalue weighted by atomic mass is 9.99. The molecule has 3 N–H and O–H groups in total. The number of carbonyl (C=O) groups excluding carboxylic acids is 4. The van der Waals surface area contributed by atoms with Gasteiger partial charge in [0.1, 0.15) is 19.3 Å². The number of unbranched alkanes of at least 4 members (excludes halogenated alkanes) is 42. The summed E-state index contributed by atoms with van der Waals surface area (Å²) in [4.78, 5) is 72.7. The largest absolute Gasteiger partial charge is 0.472 e. The van der Waals surface area contributed by atoms with Crippen molar-refractivity contribution < 1.29 is 80.2 Å². The molecule has 552 valence electrons. The van der Waals surface area contributed by atoms with Crippen molar-refractivity contribution in [2.24, 2.45) is 11.8 Å². The van der Waals surface area contributed by atoms with Crippen LogP contribution in [-0.2, 0) is 65.4 Å². The zero-order chi connectivity index (χ0) is 68.6. The van der Waals surface area contributed by atoms with Gasteiger partial charge >= 0.3 is 39.5 Å². The number of ether oxygens (including phenoxy) is 4. The molecule has 6 atom stereocenters. The van der Waals surface area contributed by atoms with Crippen molar-refractivity contribution >= 4 is 39.5 Å². The zero-order valence-electron chi connectivity index (χ0n) is 60.6. The molecule has 0 aliphatic carbocycles. The van der Waals surface area contributed by atoms with Gasteiger partial charge in [0.15, 0.2) is 12.2 Å². The minimum atomic E-state index is -4.96. The fourth-order valence-electron chi connectivity index (χ4n) is 11.3. The van der Waals surface area contributed by atoms with E-state index >= 15 is 0 Å². The highest BCUT2D eigenvalue weighted by atomic mass is 31.2. The highest BCUT2D eigenvalue weighted by Gasteiger charge is 2.30. The van der Waals surface area contributed by atoms with Gasteiger partial charge in [-0.15, -0.1) is 0 Å². The molecule has 0 rings (SSSR count). The van der Waals surface area contributed by atoms with Crippen LogP contribution in [0.4, 0.5) is 0 Å². The van der Waals surface area contributed by atoms with Crippen molar-refractivity contribution in [1.82, 2.24) is 0 Å². The normalized spacial score (nSPS) is 14.3. The number of aliphatic hydroxyl groups excluding tert-OH is 1. The smallest absolute Gasteiger partial charge is 0.462 e. The Morgan fingerprint density at radius 2 is 0.548 bits per heavy atom. The molecule has 17 nitrogen and oxygen atoms in total. The maximum Gasteiger partial charge on any atom is 0.472 e. The number of rotatable bonds is 73. The first-order valence-electron chi connectivity index (χ1n) is 38.5. The van der Waals surface area contributed by atoms with E-state index in [4.69, 9.17) is 37.0 Å². The van der Waals surface area contributed by atoms with Crippen LogP contribution in [0.3, 0.4) is 0 Å². The Kier molecular flexibility index (Phi) is 64.6. The van der Waals surface area contributed by atoms with Gasteiger partial charge in [-0.25, -0.2) is 9.13 Å². The van der Waals surface area contributed by atoms with Crippen LogP contribution in [0.25, 0.3) is 0 Å². The maximum atomic E-state index is 13.1. The van der Waals surface area contributed by atoms with Crippen molar-refractivity contribution in [1.29, 1.82) is 0 Å². The average molecular weight is 1370 g/mol. The molecule has 93 heavy (non-hydrogen) atoms. The molecule has 0 saturated heterocycles. The molecule has 0 aromatic rings. The van der Waals surface area contributed by atoms with E-state index in [1.807, 2.05) is 0 Å². The third-order valence-corrected chi connectivity index (χ3v) is 19.5. The van der Waals surface area contributed by atoms with Gasteiger partial charge in [-0.2, -0.15) is 0 Å². The number of phosphoric ester groups is 2. The van der Waals surface area contributed by atoms with E-state index in [1.54, 1.807) is 0 Å². The van der Waals surface area contributed by atoms with Crippen molar-refractivity contribution in [2.75, 3.05) is 39.6 Å². The monoisotopic (exact) mass is 1370 g/mol. The third-order valence-electron chi connectivity index (χ3n) is 17.6. The molecule has 3 unspecified atom stereocenters. The summed E-state index contributed by atoms with van der Waals surface area (Å²) >= 11 is 0. The molecule has 0 aliphatic heterocycles. The van der Waals surface area contributed by atoms with Gasteiger partial charge in [0.05, 0.1) is 26.4 Å². The maximum absolute atomic E-state index is 13.1. The van der Waals surface area contributed by atoms with Gasteiger partial charge in [-0.1, -0.05) is 330 Å². The lowest BCUT2D eigenvalue weighted by molar-refractivity contribution is -0.161. The van der Waals surface area contributed by atoms with Crippen LogP contribution in [0.2, 0.25) is 0 Å². The Morgan fingerprint density at radius 1 is 0.312 bits per heavy atom. The van der Waals surface area contributed by atoms with Crippen LogP contribution in [0.5, 0.6) is 0 Å². The highest BCUT2D eigenvalue weighted by molar-refractivity contribution is 7.47.